The third-order valence-electron chi connectivity index (χ3n) is 9.66. The maximum atomic E-state index is 13.9. The van der Waals surface area contributed by atoms with Gasteiger partial charge in [0.05, 0.1) is 50.3 Å². The number of carbonyl (C=O) groups is 3. The van der Waals surface area contributed by atoms with Gasteiger partial charge in [-0.05, 0) is 53.6 Å². The molecule has 0 spiro atoms. The van der Waals surface area contributed by atoms with Crippen molar-refractivity contribution in [2.24, 2.45) is 11.3 Å². The van der Waals surface area contributed by atoms with E-state index >= 15 is 0 Å². The molecular formula is C40H54N6O11S. The second-order valence-electron chi connectivity index (χ2n) is 15.4. The normalized spacial score (nSPS) is 19.4. The summed E-state index contributed by atoms with van der Waals surface area (Å²) in [7, 11) is -2.14. The average Bonchev–Trinajstić information content (AvgIpc) is 3.80. The molecule has 17 nitrogen and oxygen atoms in total. The highest BCUT2D eigenvalue weighted by Gasteiger charge is 2.44. The Kier molecular flexibility index (Phi) is 15.4. The van der Waals surface area contributed by atoms with Crippen molar-refractivity contribution in [1.82, 2.24) is 30.8 Å². The number of hydrogen-bond acceptors (Lipinski definition) is 13. The number of pyridine rings is 1. The van der Waals surface area contributed by atoms with E-state index in [1.54, 1.807) is 51.2 Å². The fourth-order valence-electron chi connectivity index (χ4n) is 6.64. The van der Waals surface area contributed by atoms with E-state index in [1.165, 1.54) is 12.1 Å². The van der Waals surface area contributed by atoms with Crippen molar-refractivity contribution in [3.63, 3.8) is 0 Å². The Bertz CT molecular complexity index is 1910. The van der Waals surface area contributed by atoms with Gasteiger partial charge in [-0.1, -0.05) is 63.2 Å². The molecule has 3 heterocycles. The first-order valence-corrected chi connectivity index (χ1v) is 20.9. The van der Waals surface area contributed by atoms with Crippen LogP contribution in [0.2, 0.25) is 0 Å². The lowest BCUT2D eigenvalue weighted by Gasteiger charge is -2.34. The number of sulfonamides is 1. The summed E-state index contributed by atoms with van der Waals surface area (Å²) in [6.07, 6.45) is -0.146. The summed E-state index contributed by atoms with van der Waals surface area (Å²) in [6, 6.07) is 18.2. The van der Waals surface area contributed by atoms with Crippen LogP contribution in [-0.4, -0.2) is 118 Å². The summed E-state index contributed by atoms with van der Waals surface area (Å²) in [5.74, 6) is -0.149. The second kappa shape index (κ2) is 20.2. The smallest absolute Gasteiger partial charge is 0.407 e. The van der Waals surface area contributed by atoms with Gasteiger partial charge in [-0.3, -0.25) is 15.2 Å². The Labute approximate surface area is 339 Å². The SMILES string of the molecule is COC(=O)NC(C(=O)NN(Cc1ccc(-c2ccccn2)cc1)CC(O)C(Cc1ccc(OCCNS(C)(=O)=O)cc1)NC(=O)OC1COC2OCCC12)C(C)(C)C. The van der Waals surface area contributed by atoms with Crippen LogP contribution in [0.1, 0.15) is 38.3 Å². The number of benzene rings is 2. The van der Waals surface area contributed by atoms with Crippen molar-refractivity contribution < 1.29 is 51.6 Å². The van der Waals surface area contributed by atoms with Gasteiger partial charge in [0.15, 0.2) is 6.29 Å². The molecule has 6 unspecified atom stereocenters. The van der Waals surface area contributed by atoms with Crippen LogP contribution in [0.25, 0.3) is 11.3 Å². The number of ether oxygens (including phenoxy) is 5. The Morgan fingerprint density at radius 1 is 0.983 bits per heavy atom. The van der Waals surface area contributed by atoms with Crippen LogP contribution in [0.5, 0.6) is 5.75 Å². The van der Waals surface area contributed by atoms with Gasteiger partial charge < -0.3 is 39.4 Å². The number of aliphatic hydroxyl groups is 1. The zero-order valence-electron chi connectivity index (χ0n) is 33.4. The molecule has 58 heavy (non-hydrogen) atoms. The Hall–Kier alpha value is -4.85. The summed E-state index contributed by atoms with van der Waals surface area (Å²) in [4.78, 5) is 44.0. The van der Waals surface area contributed by atoms with E-state index in [0.29, 0.717) is 18.8 Å². The molecule has 316 valence electrons. The highest BCUT2D eigenvalue weighted by molar-refractivity contribution is 7.88. The molecule has 18 heteroatoms. The third kappa shape index (κ3) is 13.4. The van der Waals surface area contributed by atoms with Crippen molar-refractivity contribution >= 4 is 28.1 Å². The molecule has 2 aliphatic heterocycles. The van der Waals surface area contributed by atoms with Crippen molar-refractivity contribution in [2.75, 3.05) is 46.3 Å². The van der Waals surface area contributed by atoms with Crippen molar-refractivity contribution in [3.05, 3.63) is 84.1 Å². The summed E-state index contributed by atoms with van der Waals surface area (Å²) in [5, 5.41) is 18.9. The first-order valence-electron chi connectivity index (χ1n) is 19.0. The number of hydrogen-bond donors (Lipinski definition) is 5. The van der Waals surface area contributed by atoms with Crippen LogP contribution in [-0.2, 0) is 46.7 Å². The van der Waals surface area contributed by atoms with Crippen molar-refractivity contribution in [1.29, 1.82) is 0 Å². The van der Waals surface area contributed by atoms with Crippen LogP contribution >= 0.6 is 0 Å². The van der Waals surface area contributed by atoms with Gasteiger partial charge in [-0.15, -0.1) is 0 Å². The Morgan fingerprint density at radius 2 is 1.71 bits per heavy atom. The molecule has 3 amide bonds. The molecule has 3 aromatic rings. The van der Waals surface area contributed by atoms with E-state index in [-0.39, 0.29) is 45.2 Å². The number of carbonyl (C=O) groups excluding carboxylic acids is 3. The van der Waals surface area contributed by atoms with Crippen LogP contribution in [0.4, 0.5) is 9.59 Å². The molecule has 2 saturated heterocycles. The van der Waals surface area contributed by atoms with Crippen LogP contribution in [0, 0.1) is 11.3 Å². The maximum Gasteiger partial charge on any atom is 0.407 e. The van der Waals surface area contributed by atoms with E-state index in [9.17, 15) is 27.9 Å². The van der Waals surface area contributed by atoms with Gasteiger partial charge in [0.1, 0.15) is 24.5 Å². The largest absolute Gasteiger partial charge is 0.492 e. The number of aromatic nitrogens is 1. The maximum absolute atomic E-state index is 13.9. The number of alkyl carbamates (subject to hydrolysis) is 2. The Morgan fingerprint density at radius 3 is 2.36 bits per heavy atom. The topological polar surface area (TPSA) is 216 Å². The standard InChI is InChI=1S/C40H54N6O11S/c1-40(2,3)35(44-38(49)53-4)36(48)45-46(23-27-9-13-28(14-10-27)31-8-6-7-18-41-31)24-33(47)32(43-39(50)57-34-25-56-37-30(34)17-20-55-37)22-26-11-15-29(16-12-26)54-21-19-42-58(5,51)52/h6-16,18,30,32-35,37,42,47H,17,19-25H2,1-5H3,(H,43,50)(H,44,49)(H,45,48). The fourth-order valence-corrected chi connectivity index (χ4v) is 7.09. The number of aliphatic hydroxyl groups excluding tert-OH is 1. The lowest BCUT2D eigenvalue weighted by Crippen LogP contribution is -2.59. The highest BCUT2D eigenvalue weighted by atomic mass is 32.2. The van der Waals surface area contributed by atoms with Gasteiger partial charge in [0, 0.05) is 31.4 Å². The van der Waals surface area contributed by atoms with Crippen LogP contribution in [0.15, 0.2) is 72.9 Å². The third-order valence-corrected chi connectivity index (χ3v) is 10.4. The molecule has 5 N–H and O–H groups in total. The van der Waals surface area contributed by atoms with Crippen LogP contribution < -0.4 is 25.5 Å². The molecule has 6 atom stereocenters. The predicted molar refractivity (Wildman–Crippen MR) is 212 cm³/mol. The predicted octanol–water partition coefficient (Wildman–Crippen LogP) is 2.74. The first kappa shape index (κ1) is 44.3. The molecule has 2 aromatic carbocycles. The lowest BCUT2D eigenvalue weighted by atomic mass is 9.86. The zero-order valence-corrected chi connectivity index (χ0v) is 34.2. The molecular weight excluding hydrogens is 773 g/mol. The number of nitrogens with zero attached hydrogens (tertiary/aromatic N) is 2. The van der Waals surface area contributed by atoms with E-state index in [1.807, 2.05) is 42.5 Å². The van der Waals surface area contributed by atoms with E-state index in [2.05, 4.69) is 25.8 Å². The summed E-state index contributed by atoms with van der Waals surface area (Å²) >= 11 is 0. The number of fused-ring (bicyclic) bond motifs is 1. The van der Waals surface area contributed by atoms with Gasteiger partial charge >= 0.3 is 12.2 Å². The molecule has 2 aliphatic rings. The molecule has 0 radical (unpaired) electrons. The quantitative estimate of drug-likeness (QED) is 0.0923. The lowest BCUT2D eigenvalue weighted by molar-refractivity contribution is -0.131. The monoisotopic (exact) mass is 826 g/mol. The minimum atomic E-state index is -3.35. The second-order valence-corrected chi connectivity index (χ2v) is 17.2. The van der Waals surface area contributed by atoms with Gasteiger partial charge in [-0.25, -0.2) is 27.7 Å². The molecule has 5 rings (SSSR count). The van der Waals surface area contributed by atoms with E-state index in [4.69, 9.17) is 23.7 Å². The summed E-state index contributed by atoms with van der Waals surface area (Å²) in [6.45, 7) is 6.27. The molecule has 2 fully saturated rings. The minimum Gasteiger partial charge on any atom is -0.492 e. The number of nitrogens with one attached hydrogen (secondary N) is 4. The number of rotatable bonds is 18. The van der Waals surface area contributed by atoms with E-state index < -0.39 is 64.1 Å². The highest BCUT2D eigenvalue weighted by Crippen LogP contribution is 2.33. The zero-order chi connectivity index (χ0) is 41.9. The Balaban J connectivity index is 1.36. The van der Waals surface area contributed by atoms with Crippen LogP contribution in [0.3, 0.4) is 0 Å². The minimum absolute atomic E-state index is 0.0946. The summed E-state index contributed by atoms with van der Waals surface area (Å²) < 4.78 is 52.6. The fraction of sp³-hybridized carbons (Fsp3) is 0.500. The average molecular weight is 827 g/mol. The molecule has 0 saturated carbocycles. The van der Waals surface area contributed by atoms with Crippen molar-refractivity contribution in [3.8, 4) is 17.0 Å². The number of hydrazine groups is 1. The van der Waals surface area contributed by atoms with Gasteiger partial charge in [0.25, 0.3) is 5.91 Å². The van der Waals surface area contributed by atoms with Gasteiger partial charge in [0.2, 0.25) is 10.0 Å². The van der Waals surface area contributed by atoms with Gasteiger partial charge in [-0.2, -0.15) is 0 Å². The number of amides is 3. The van der Waals surface area contributed by atoms with Crippen molar-refractivity contribution in [2.45, 2.75) is 70.7 Å². The molecule has 1 aromatic heterocycles. The number of methoxy groups -OCH3 is 1. The first-order chi connectivity index (χ1) is 27.6. The molecule has 0 aliphatic carbocycles. The molecule has 0 bridgehead atoms. The summed E-state index contributed by atoms with van der Waals surface area (Å²) in [5.41, 5.74) is 5.37. The van der Waals surface area contributed by atoms with E-state index in [0.717, 1.165) is 28.6 Å².